The van der Waals surface area contributed by atoms with Crippen molar-refractivity contribution in [3.8, 4) is 5.75 Å². The fourth-order valence-electron chi connectivity index (χ4n) is 1.71. The highest BCUT2D eigenvalue weighted by Crippen LogP contribution is 2.22. The predicted octanol–water partition coefficient (Wildman–Crippen LogP) is 0.334. The lowest BCUT2D eigenvalue weighted by Gasteiger charge is -2.06. The number of ether oxygens (including phenoxy) is 1. The van der Waals surface area contributed by atoms with Gasteiger partial charge >= 0.3 is 5.63 Å². The van der Waals surface area contributed by atoms with Crippen LogP contribution in [0.2, 0.25) is 0 Å². The second-order valence-electron chi connectivity index (χ2n) is 3.70. The maximum absolute atomic E-state index is 11.4. The van der Waals surface area contributed by atoms with Crippen LogP contribution in [0.15, 0.2) is 33.5 Å². The Morgan fingerprint density at radius 2 is 2.22 bits per heavy atom. The highest BCUT2D eigenvalue weighted by molar-refractivity contribution is 5.87. The largest absolute Gasteiger partial charge is 0.497 e. The lowest BCUT2D eigenvalue weighted by molar-refractivity contribution is -0.120. The zero-order valence-electron chi connectivity index (χ0n) is 9.73. The number of amides is 1. The third kappa shape index (κ3) is 2.33. The SMILES string of the molecule is COc1ccc2c(CC(=O)NN)cc(=O)oc2c1. The van der Waals surface area contributed by atoms with Gasteiger partial charge in [-0.05, 0) is 17.7 Å². The molecule has 1 aromatic carbocycles. The van der Waals surface area contributed by atoms with Crippen molar-refractivity contribution in [2.45, 2.75) is 6.42 Å². The van der Waals surface area contributed by atoms with Crippen LogP contribution in [0.1, 0.15) is 5.56 Å². The molecule has 6 nitrogen and oxygen atoms in total. The normalized spacial score (nSPS) is 10.3. The summed E-state index contributed by atoms with van der Waals surface area (Å²) >= 11 is 0. The number of fused-ring (bicyclic) bond motifs is 1. The molecule has 0 aliphatic rings. The van der Waals surface area contributed by atoms with Gasteiger partial charge in [0.25, 0.3) is 0 Å². The average molecular weight is 248 g/mol. The zero-order chi connectivity index (χ0) is 13.1. The van der Waals surface area contributed by atoms with Crippen LogP contribution in [0.4, 0.5) is 0 Å². The standard InChI is InChI=1S/C12H12N2O4/c1-17-8-2-3-9-7(4-11(15)14-13)5-12(16)18-10(9)6-8/h2-3,5-6H,4,13H2,1H3,(H,14,15). The lowest BCUT2D eigenvalue weighted by atomic mass is 10.1. The third-order valence-electron chi connectivity index (χ3n) is 2.55. The van der Waals surface area contributed by atoms with Crippen LogP contribution in [0.3, 0.4) is 0 Å². The van der Waals surface area contributed by atoms with Crippen molar-refractivity contribution in [1.82, 2.24) is 5.43 Å². The molecule has 0 spiro atoms. The van der Waals surface area contributed by atoms with Crippen LogP contribution in [-0.4, -0.2) is 13.0 Å². The van der Waals surface area contributed by atoms with E-state index in [1.54, 1.807) is 18.2 Å². The van der Waals surface area contributed by atoms with E-state index < -0.39 is 5.63 Å². The Balaban J connectivity index is 2.58. The van der Waals surface area contributed by atoms with Gasteiger partial charge in [-0.15, -0.1) is 0 Å². The highest BCUT2D eigenvalue weighted by Gasteiger charge is 2.10. The summed E-state index contributed by atoms with van der Waals surface area (Å²) in [5.74, 6) is 5.22. The first-order valence-electron chi connectivity index (χ1n) is 5.24. The summed E-state index contributed by atoms with van der Waals surface area (Å²) in [5, 5.41) is 0.680. The number of nitrogens with one attached hydrogen (secondary N) is 1. The molecule has 6 heteroatoms. The van der Waals surface area contributed by atoms with E-state index in [0.717, 1.165) is 0 Å². The molecule has 0 aliphatic heterocycles. The zero-order valence-corrected chi connectivity index (χ0v) is 9.73. The maximum Gasteiger partial charge on any atom is 0.336 e. The smallest absolute Gasteiger partial charge is 0.336 e. The summed E-state index contributed by atoms with van der Waals surface area (Å²) < 4.78 is 10.1. The molecule has 1 aromatic heterocycles. The number of hydrogen-bond acceptors (Lipinski definition) is 5. The van der Waals surface area contributed by atoms with E-state index in [4.69, 9.17) is 15.0 Å². The van der Waals surface area contributed by atoms with Crippen LogP contribution in [0, 0.1) is 0 Å². The van der Waals surface area contributed by atoms with E-state index in [1.165, 1.54) is 13.2 Å². The Hall–Kier alpha value is -2.34. The first-order valence-corrected chi connectivity index (χ1v) is 5.24. The van der Waals surface area contributed by atoms with Gasteiger partial charge in [-0.3, -0.25) is 10.2 Å². The molecular formula is C12H12N2O4. The predicted molar refractivity (Wildman–Crippen MR) is 65.1 cm³/mol. The monoisotopic (exact) mass is 248 g/mol. The lowest BCUT2D eigenvalue weighted by Crippen LogP contribution is -2.31. The minimum Gasteiger partial charge on any atom is -0.497 e. The highest BCUT2D eigenvalue weighted by atomic mass is 16.5. The Morgan fingerprint density at radius 1 is 1.44 bits per heavy atom. The first-order chi connectivity index (χ1) is 8.63. The van der Waals surface area contributed by atoms with E-state index in [-0.39, 0.29) is 12.3 Å². The summed E-state index contributed by atoms with van der Waals surface area (Å²) in [6, 6.07) is 6.34. The van der Waals surface area contributed by atoms with E-state index in [2.05, 4.69) is 0 Å². The summed E-state index contributed by atoms with van der Waals surface area (Å²) in [5.41, 5.74) is 2.44. The van der Waals surface area contributed by atoms with Crippen molar-refractivity contribution in [3.05, 3.63) is 40.2 Å². The molecule has 0 bridgehead atoms. The molecule has 0 radical (unpaired) electrons. The molecule has 94 valence electrons. The Morgan fingerprint density at radius 3 is 2.89 bits per heavy atom. The van der Waals surface area contributed by atoms with Crippen molar-refractivity contribution >= 4 is 16.9 Å². The number of nitrogens with two attached hydrogens (primary N) is 1. The summed E-state index contributed by atoms with van der Waals surface area (Å²) in [6.07, 6.45) is 0.0188. The van der Waals surface area contributed by atoms with Crippen LogP contribution >= 0.6 is 0 Å². The Kier molecular flexibility index (Phi) is 3.29. The molecule has 2 aromatic rings. The van der Waals surface area contributed by atoms with Gasteiger partial charge in [-0.25, -0.2) is 10.6 Å². The van der Waals surface area contributed by atoms with Crippen molar-refractivity contribution in [2.75, 3.05) is 7.11 Å². The van der Waals surface area contributed by atoms with Crippen LogP contribution in [0.5, 0.6) is 5.75 Å². The molecule has 3 N–H and O–H groups in total. The van der Waals surface area contributed by atoms with Gasteiger partial charge in [0.2, 0.25) is 5.91 Å². The van der Waals surface area contributed by atoms with E-state index in [1.807, 2.05) is 5.43 Å². The second-order valence-corrected chi connectivity index (χ2v) is 3.70. The fraction of sp³-hybridized carbons (Fsp3) is 0.167. The fourth-order valence-corrected chi connectivity index (χ4v) is 1.71. The summed E-state index contributed by atoms with van der Waals surface area (Å²) in [4.78, 5) is 22.7. The van der Waals surface area contributed by atoms with Crippen molar-refractivity contribution in [2.24, 2.45) is 5.84 Å². The number of carbonyl (C=O) groups is 1. The second kappa shape index (κ2) is 4.89. The number of rotatable bonds is 3. The molecule has 0 aliphatic carbocycles. The molecule has 1 heterocycles. The van der Waals surface area contributed by atoms with Crippen LogP contribution in [0.25, 0.3) is 11.0 Å². The van der Waals surface area contributed by atoms with Crippen LogP contribution < -0.4 is 21.6 Å². The quantitative estimate of drug-likeness (QED) is 0.353. The van der Waals surface area contributed by atoms with Gasteiger partial charge in [0.15, 0.2) is 0 Å². The van der Waals surface area contributed by atoms with E-state index in [0.29, 0.717) is 22.3 Å². The van der Waals surface area contributed by atoms with Gasteiger partial charge in [-0.1, -0.05) is 0 Å². The molecule has 18 heavy (non-hydrogen) atoms. The van der Waals surface area contributed by atoms with Gasteiger partial charge in [-0.2, -0.15) is 0 Å². The van der Waals surface area contributed by atoms with Crippen LogP contribution in [-0.2, 0) is 11.2 Å². The first kappa shape index (κ1) is 12.1. The topological polar surface area (TPSA) is 94.6 Å². The number of methoxy groups -OCH3 is 1. The molecule has 0 saturated heterocycles. The average Bonchev–Trinajstić information content (AvgIpc) is 2.37. The molecule has 0 saturated carbocycles. The number of hydrogen-bond donors (Lipinski definition) is 2. The van der Waals surface area contributed by atoms with Crippen molar-refractivity contribution < 1.29 is 13.9 Å². The Bertz CT molecular complexity index is 648. The maximum atomic E-state index is 11.4. The van der Waals surface area contributed by atoms with Gasteiger partial charge in [0, 0.05) is 17.5 Å². The van der Waals surface area contributed by atoms with Gasteiger partial charge < -0.3 is 9.15 Å². The minimum atomic E-state index is -0.518. The summed E-state index contributed by atoms with van der Waals surface area (Å²) in [7, 11) is 1.52. The molecule has 0 unspecified atom stereocenters. The van der Waals surface area contributed by atoms with E-state index >= 15 is 0 Å². The molecule has 0 atom stereocenters. The van der Waals surface area contributed by atoms with Crippen molar-refractivity contribution in [3.63, 3.8) is 0 Å². The number of carbonyl (C=O) groups excluding carboxylic acids is 1. The van der Waals surface area contributed by atoms with E-state index in [9.17, 15) is 9.59 Å². The Labute approximate surface area is 102 Å². The van der Waals surface area contributed by atoms with Gasteiger partial charge in [0.1, 0.15) is 11.3 Å². The minimum absolute atomic E-state index is 0.0188. The number of hydrazine groups is 1. The molecule has 1 amide bonds. The molecule has 0 fully saturated rings. The van der Waals surface area contributed by atoms with Gasteiger partial charge in [0.05, 0.1) is 13.5 Å². The molecule has 2 rings (SSSR count). The summed E-state index contributed by atoms with van der Waals surface area (Å²) in [6.45, 7) is 0. The number of benzene rings is 1. The molecular weight excluding hydrogens is 236 g/mol. The third-order valence-corrected chi connectivity index (χ3v) is 2.55. The van der Waals surface area contributed by atoms with Crippen molar-refractivity contribution in [1.29, 1.82) is 0 Å².